The molecule has 2 heterocycles. The molecule has 0 saturated carbocycles. The van der Waals surface area contributed by atoms with Crippen LogP contribution in [0.2, 0.25) is 10.0 Å². The van der Waals surface area contributed by atoms with E-state index < -0.39 is 41.1 Å². The molecule has 1 spiro atoms. The number of carbonyl (C=O) groups is 1. The van der Waals surface area contributed by atoms with Gasteiger partial charge < -0.3 is 16.2 Å². The minimum atomic E-state index is -1.52. The first kappa shape index (κ1) is 19.5. The molecule has 148 valence electrons. The molecule has 0 aromatic heterocycles. The van der Waals surface area contributed by atoms with Crippen LogP contribution in [0.15, 0.2) is 30.3 Å². The number of aliphatic hydroxyl groups excluding tert-OH is 1. The summed E-state index contributed by atoms with van der Waals surface area (Å²) in [7, 11) is 0. The first-order valence-electron chi connectivity index (χ1n) is 8.70. The van der Waals surface area contributed by atoms with Crippen LogP contribution in [0, 0.1) is 11.6 Å². The van der Waals surface area contributed by atoms with Crippen LogP contribution in [-0.2, 0) is 10.3 Å². The summed E-state index contributed by atoms with van der Waals surface area (Å²) >= 11 is 11.8. The molecule has 4 rings (SSSR count). The Labute approximate surface area is 169 Å². The van der Waals surface area contributed by atoms with Gasteiger partial charge in [-0.15, -0.1) is 0 Å². The molecule has 2 aliphatic heterocycles. The molecule has 5 nitrogen and oxygen atoms in total. The number of amides is 1. The van der Waals surface area contributed by atoms with Crippen molar-refractivity contribution in [2.45, 2.75) is 30.0 Å². The molecule has 1 saturated heterocycles. The fourth-order valence-corrected chi connectivity index (χ4v) is 4.72. The molecule has 28 heavy (non-hydrogen) atoms. The lowest BCUT2D eigenvalue weighted by Crippen LogP contribution is -2.49. The fraction of sp³-hybridized carbons (Fsp3) is 0.316. The molecule has 0 radical (unpaired) electrons. The summed E-state index contributed by atoms with van der Waals surface area (Å²) in [6.07, 6.45) is 0.236. The molecule has 1 fully saturated rings. The number of hydrogen-bond donors (Lipinski definition) is 4. The molecule has 0 aliphatic carbocycles. The summed E-state index contributed by atoms with van der Waals surface area (Å²) in [4.78, 5) is 13.1. The second-order valence-electron chi connectivity index (χ2n) is 7.04. The van der Waals surface area contributed by atoms with Gasteiger partial charge in [-0.05, 0) is 30.2 Å². The van der Waals surface area contributed by atoms with Crippen LogP contribution in [0.5, 0.6) is 0 Å². The zero-order valence-corrected chi connectivity index (χ0v) is 16.0. The van der Waals surface area contributed by atoms with Gasteiger partial charge in [0.1, 0.15) is 17.2 Å². The lowest BCUT2D eigenvalue weighted by molar-refractivity contribution is -0.122. The van der Waals surface area contributed by atoms with E-state index in [1.165, 1.54) is 18.2 Å². The molecule has 2 aromatic carbocycles. The molecule has 1 amide bonds. The van der Waals surface area contributed by atoms with Crippen LogP contribution in [0.25, 0.3) is 0 Å². The van der Waals surface area contributed by atoms with E-state index in [1.54, 1.807) is 6.07 Å². The molecule has 2 aliphatic rings. The van der Waals surface area contributed by atoms with Crippen LogP contribution in [0.1, 0.15) is 23.5 Å². The maximum absolute atomic E-state index is 14.9. The third kappa shape index (κ3) is 2.65. The maximum atomic E-state index is 14.9. The first-order chi connectivity index (χ1) is 13.3. The average molecular weight is 428 g/mol. The highest BCUT2D eigenvalue weighted by Crippen LogP contribution is 2.52. The lowest BCUT2D eigenvalue weighted by Gasteiger charge is -2.31. The molecule has 0 bridgehead atoms. The number of nitrogens with one attached hydrogen (secondary N) is 2. The standard InChI is InChI=1S/C19H17Cl2F2N3O2/c20-10-3-1-2-8(16(10)23)15-17(24)13(4-5-27)26-19(15)9-6-12(22)11(21)7-14(9)25-18(19)28/h1-3,6-7,13,15,17,26-27H,4-5,24H2,(H,25,28)/t13-,15-,17+,19+/m0/s1. The van der Waals surface area contributed by atoms with E-state index in [2.05, 4.69) is 10.6 Å². The minimum absolute atomic E-state index is 0.105. The number of hydrogen-bond acceptors (Lipinski definition) is 4. The zero-order chi connectivity index (χ0) is 20.2. The molecular formula is C19H17Cl2F2N3O2. The summed E-state index contributed by atoms with van der Waals surface area (Å²) in [5, 5.41) is 15.0. The van der Waals surface area contributed by atoms with Gasteiger partial charge in [0.05, 0.1) is 10.0 Å². The minimum Gasteiger partial charge on any atom is -0.396 e. The van der Waals surface area contributed by atoms with Crippen molar-refractivity contribution in [1.82, 2.24) is 5.32 Å². The highest BCUT2D eigenvalue weighted by atomic mass is 35.5. The number of anilines is 1. The number of carbonyl (C=O) groups excluding carboxylic acids is 1. The van der Waals surface area contributed by atoms with Crippen molar-refractivity contribution in [3.05, 3.63) is 63.1 Å². The molecule has 0 unspecified atom stereocenters. The van der Waals surface area contributed by atoms with Crippen molar-refractivity contribution >= 4 is 34.8 Å². The topological polar surface area (TPSA) is 87.4 Å². The summed E-state index contributed by atoms with van der Waals surface area (Å²) in [5.41, 5.74) is 5.66. The maximum Gasteiger partial charge on any atom is 0.250 e. The van der Waals surface area contributed by atoms with Gasteiger partial charge >= 0.3 is 0 Å². The third-order valence-corrected chi connectivity index (χ3v) is 6.16. The zero-order valence-electron chi connectivity index (χ0n) is 14.5. The predicted molar refractivity (Wildman–Crippen MR) is 102 cm³/mol. The highest BCUT2D eigenvalue weighted by Gasteiger charge is 2.62. The lowest BCUT2D eigenvalue weighted by atomic mass is 9.74. The number of halogens is 4. The predicted octanol–water partition coefficient (Wildman–Crippen LogP) is 2.88. The Morgan fingerprint density at radius 1 is 1.21 bits per heavy atom. The van der Waals surface area contributed by atoms with Gasteiger partial charge in [-0.1, -0.05) is 35.3 Å². The number of aliphatic hydroxyl groups is 1. The Hall–Kier alpha value is -1.77. The Morgan fingerprint density at radius 2 is 1.96 bits per heavy atom. The van der Waals surface area contributed by atoms with E-state index in [9.17, 15) is 18.7 Å². The fourth-order valence-electron chi connectivity index (χ4n) is 4.38. The van der Waals surface area contributed by atoms with Gasteiger partial charge in [0.25, 0.3) is 0 Å². The average Bonchev–Trinajstić information content (AvgIpc) is 3.07. The highest BCUT2D eigenvalue weighted by molar-refractivity contribution is 6.31. The Bertz CT molecular complexity index is 974. The summed E-state index contributed by atoms with van der Waals surface area (Å²) in [6.45, 7) is -0.185. The van der Waals surface area contributed by atoms with Crippen molar-refractivity contribution < 1.29 is 18.7 Å². The third-order valence-electron chi connectivity index (χ3n) is 5.58. The Kier molecular flexibility index (Phi) is 4.84. The van der Waals surface area contributed by atoms with E-state index in [1.807, 2.05) is 0 Å². The van der Waals surface area contributed by atoms with E-state index in [0.717, 1.165) is 6.07 Å². The Balaban J connectivity index is 1.97. The second kappa shape index (κ2) is 6.93. The molecule has 9 heteroatoms. The molecule has 2 aromatic rings. The first-order valence-corrected chi connectivity index (χ1v) is 9.46. The molecule has 5 N–H and O–H groups in total. The van der Waals surface area contributed by atoms with E-state index >= 15 is 0 Å². The summed E-state index contributed by atoms with van der Waals surface area (Å²) in [6, 6.07) is 5.70. The monoisotopic (exact) mass is 427 g/mol. The van der Waals surface area contributed by atoms with Gasteiger partial charge in [0.2, 0.25) is 5.91 Å². The van der Waals surface area contributed by atoms with Crippen LogP contribution >= 0.6 is 23.2 Å². The van der Waals surface area contributed by atoms with Gasteiger partial charge in [-0.2, -0.15) is 0 Å². The van der Waals surface area contributed by atoms with Crippen molar-refractivity contribution in [2.75, 3.05) is 11.9 Å². The largest absolute Gasteiger partial charge is 0.396 e. The number of rotatable bonds is 3. The van der Waals surface area contributed by atoms with E-state index in [4.69, 9.17) is 28.9 Å². The SMILES string of the molecule is N[C@@H]1[C@H](CCO)N[C@@]2(C(=O)Nc3cc(Cl)c(F)cc32)[C@H]1c1cccc(Cl)c1F. The smallest absolute Gasteiger partial charge is 0.250 e. The van der Waals surface area contributed by atoms with Gasteiger partial charge in [-0.25, -0.2) is 8.78 Å². The number of benzene rings is 2. The number of nitrogens with two attached hydrogens (primary N) is 1. The molecule has 4 atom stereocenters. The van der Waals surface area contributed by atoms with E-state index in [0.29, 0.717) is 11.3 Å². The summed E-state index contributed by atoms with van der Waals surface area (Å²) < 4.78 is 29.2. The van der Waals surface area contributed by atoms with Crippen molar-refractivity contribution in [1.29, 1.82) is 0 Å². The van der Waals surface area contributed by atoms with Crippen LogP contribution in [0.3, 0.4) is 0 Å². The Morgan fingerprint density at radius 3 is 2.68 bits per heavy atom. The van der Waals surface area contributed by atoms with Crippen LogP contribution in [-0.4, -0.2) is 29.7 Å². The second-order valence-corrected chi connectivity index (χ2v) is 7.85. The quantitative estimate of drug-likeness (QED) is 0.606. The van der Waals surface area contributed by atoms with Crippen molar-refractivity contribution in [3.8, 4) is 0 Å². The summed E-state index contributed by atoms with van der Waals surface area (Å²) in [5.74, 6) is -2.78. The van der Waals surface area contributed by atoms with Gasteiger partial charge in [0.15, 0.2) is 0 Å². The normalized spacial score (nSPS) is 28.6. The van der Waals surface area contributed by atoms with Crippen molar-refractivity contribution in [3.63, 3.8) is 0 Å². The molecular weight excluding hydrogens is 411 g/mol. The van der Waals surface area contributed by atoms with Crippen LogP contribution < -0.4 is 16.4 Å². The van der Waals surface area contributed by atoms with Crippen LogP contribution in [0.4, 0.5) is 14.5 Å². The van der Waals surface area contributed by atoms with Gasteiger partial charge in [0, 0.05) is 35.9 Å². The van der Waals surface area contributed by atoms with E-state index in [-0.39, 0.29) is 28.6 Å². The van der Waals surface area contributed by atoms with Crippen molar-refractivity contribution in [2.24, 2.45) is 5.73 Å². The number of fused-ring (bicyclic) bond motifs is 2. The van der Waals surface area contributed by atoms with Gasteiger partial charge in [-0.3, -0.25) is 10.1 Å².